The molecule has 0 saturated heterocycles. The highest BCUT2D eigenvalue weighted by molar-refractivity contribution is 6.09. The summed E-state index contributed by atoms with van der Waals surface area (Å²) in [5, 5.41) is 10.8. The van der Waals surface area contributed by atoms with Crippen molar-refractivity contribution < 1.29 is 9.72 Å². The smallest absolute Gasteiger partial charge is 0.269 e. The van der Waals surface area contributed by atoms with Gasteiger partial charge < -0.3 is 4.90 Å². The third kappa shape index (κ3) is 3.40. The minimum absolute atomic E-state index is 0.00529. The molecule has 0 unspecified atom stereocenters. The van der Waals surface area contributed by atoms with Crippen LogP contribution in [-0.2, 0) is 0 Å². The van der Waals surface area contributed by atoms with Crippen molar-refractivity contribution in [1.29, 1.82) is 0 Å². The average molecular weight is 332 g/mol. The Labute approximate surface area is 145 Å². The van der Waals surface area contributed by atoms with Gasteiger partial charge in [0, 0.05) is 30.4 Å². The van der Waals surface area contributed by atoms with Gasteiger partial charge in [-0.05, 0) is 29.3 Å². The Kier molecular flexibility index (Phi) is 4.57. The Morgan fingerprint density at radius 3 is 2.12 bits per heavy atom. The Bertz CT molecular complexity index is 906. The van der Waals surface area contributed by atoms with Crippen LogP contribution in [0.5, 0.6) is 0 Å². The van der Waals surface area contributed by atoms with E-state index in [9.17, 15) is 14.9 Å². The van der Waals surface area contributed by atoms with E-state index in [1.54, 1.807) is 25.2 Å². The van der Waals surface area contributed by atoms with E-state index < -0.39 is 4.92 Å². The number of rotatable bonds is 4. The quantitative estimate of drug-likeness (QED) is 0.520. The SMILES string of the molecule is CN(C(=O)c1ccccc1-c1ccccc1)c1ccc([N+](=O)[O-])cc1. The van der Waals surface area contributed by atoms with Gasteiger partial charge in [0.15, 0.2) is 0 Å². The van der Waals surface area contributed by atoms with Crippen LogP contribution in [0.1, 0.15) is 10.4 Å². The minimum atomic E-state index is -0.462. The molecule has 0 N–H and O–H groups in total. The number of nitro groups is 1. The summed E-state index contributed by atoms with van der Waals surface area (Å²) in [7, 11) is 1.66. The zero-order chi connectivity index (χ0) is 17.8. The number of carbonyl (C=O) groups excluding carboxylic acids is 1. The van der Waals surface area contributed by atoms with Gasteiger partial charge in [0.05, 0.1) is 4.92 Å². The van der Waals surface area contributed by atoms with Crippen molar-refractivity contribution in [3.8, 4) is 11.1 Å². The topological polar surface area (TPSA) is 63.5 Å². The van der Waals surface area contributed by atoms with Crippen molar-refractivity contribution in [2.24, 2.45) is 0 Å². The number of hydrogen-bond donors (Lipinski definition) is 0. The molecule has 5 nitrogen and oxygen atoms in total. The van der Waals surface area contributed by atoms with Crippen LogP contribution < -0.4 is 4.90 Å². The number of hydrogen-bond acceptors (Lipinski definition) is 3. The highest BCUT2D eigenvalue weighted by Gasteiger charge is 2.18. The van der Waals surface area contributed by atoms with Crippen LogP contribution in [0.25, 0.3) is 11.1 Å². The van der Waals surface area contributed by atoms with Crippen molar-refractivity contribution in [3.63, 3.8) is 0 Å². The molecule has 0 spiro atoms. The molecule has 0 aliphatic carbocycles. The van der Waals surface area contributed by atoms with E-state index in [0.29, 0.717) is 11.3 Å². The number of benzene rings is 3. The highest BCUT2D eigenvalue weighted by Crippen LogP contribution is 2.26. The van der Waals surface area contributed by atoms with E-state index in [1.807, 2.05) is 48.5 Å². The first-order valence-electron chi connectivity index (χ1n) is 7.75. The molecule has 1 amide bonds. The molecule has 0 aliphatic rings. The van der Waals surface area contributed by atoms with Crippen LogP contribution in [0.4, 0.5) is 11.4 Å². The third-order valence-electron chi connectivity index (χ3n) is 3.99. The van der Waals surface area contributed by atoms with Crippen LogP contribution in [0.2, 0.25) is 0 Å². The number of nitrogens with zero attached hydrogens (tertiary/aromatic N) is 2. The number of nitro benzene ring substituents is 1. The molecule has 0 aromatic heterocycles. The Hall–Kier alpha value is -3.47. The first kappa shape index (κ1) is 16.4. The van der Waals surface area contributed by atoms with E-state index in [4.69, 9.17) is 0 Å². The molecule has 0 fully saturated rings. The lowest BCUT2D eigenvalue weighted by atomic mass is 9.99. The van der Waals surface area contributed by atoms with E-state index in [0.717, 1.165) is 11.1 Å². The molecule has 0 heterocycles. The summed E-state index contributed by atoms with van der Waals surface area (Å²) in [6.45, 7) is 0. The van der Waals surface area contributed by atoms with Crippen molar-refractivity contribution in [1.82, 2.24) is 0 Å². The average Bonchev–Trinajstić information content (AvgIpc) is 2.67. The van der Waals surface area contributed by atoms with Crippen LogP contribution in [0.3, 0.4) is 0 Å². The van der Waals surface area contributed by atoms with Crippen molar-refractivity contribution in [2.75, 3.05) is 11.9 Å². The van der Waals surface area contributed by atoms with Gasteiger partial charge in [-0.3, -0.25) is 14.9 Å². The monoisotopic (exact) mass is 332 g/mol. The van der Waals surface area contributed by atoms with Gasteiger partial charge in [-0.15, -0.1) is 0 Å². The van der Waals surface area contributed by atoms with Crippen LogP contribution >= 0.6 is 0 Å². The molecule has 0 saturated carbocycles. The van der Waals surface area contributed by atoms with E-state index in [-0.39, 0.29) is 11.6 Å². The maximum Gasteiger partial charge on any atom is 0.269 e. The molecule has 124 valence electrons. The second-order valence-corrected chi connectivity index (χ2v) is 5.55. The molecule has 3 rings (SSSR count). The van der Waals surface area contributed by atoms with Gasteiger partial charge in [0.25, 0.3) is 11.6 Å². The largest absolute Gasteiger partial charge is 0.311 e. The van der Waals surface area contributed by atoms with Gasteiger partial charge in [-0.2, -0.15) is 0 Å². The maximum atomic E-state index is 13.0. The Morgan fingerprint density at radius 2 is 1.48 bits per heavy atom. The minimum Gasteiger partial charge on any atom is -0.311 e. The fraction of sp³-hybridized carbons (Fsp3) is 0.0500. The van der Waals surface area contributed by atoms with Crippen LogP contribution in [0, 0.1) is 10.1 Å². The molecule has 0 atom stereocenters. The number of amides is 1. The van der Waals surface area contributed by atoms with Gasteiger partial charge in [0.1, 0.15) is 0 Å². The maximum absolute atomic E-state index is 13.0. The Morgan fingerprint density at radius 1 is 0.880 bits per heavy atom. The molecular formula is C20H16N2O3. The summed E-state index contributed by atoms with van der Waals surface area (Å²) in [5.41, 5.74) is 2.98. The predicted octanol–water partition coefficient (Wildman–Crippen LogP) is 4.54. The molecule has 0 aliphatic heterocycles. The van der Waals surface area contributed by atoms with E-state index in [1.165, 1.54) is 17.0 Å². The van der Waals surface area contributed by atoms with Gasteiger partial charge >= 0.3 is 0 Å². The fourth-order valence-electron chi connectivity index (χ4n) is 2.63. The van der Waals surface area contributed by atoms with Crippen molar-refractivity contribution in [3.05, 3.63) is 94.5 Å². The lowest BCUT2D eigenvalue weighted by Gasteiger charge is -2.19. The Balaban J connectivity index is 1.94. The summed E-state index contributed by atoms with van der Waals surface area (Å²) in [6.07, 6.45) is 0. The van der Waals surface area contributed by atoms with Gasteiger partial charge in [0.2, 0.25) is 0 Å². The summed E-state index contributed by atoms with van der Waals surface area (Å²) in [5.74, 6) is -0.173. The first-order valence-corrected chi connectivity index (χ1v) is 7.75. The molecular weight excluding hydrogens is 316 g/mol. The molecule has 25 heavy (non-hydrogen) atoms. The summed E-state index contributed by atoms with van der Waals surface area (Å²) >= 11 is 0. The normalized spacial score (nSPS) is 10.3. The summed E-state index contributed by atoms with van der Waals surface area (Å²) < 4.78 is 0. The molecule has 0 radical (unpaired) electrons. The van der Waals surface area contributed by atoms with Crippen molar-refractivity contribution >= 4 is 17.3 Å². The summed E-state index contributed by atoms with van der Waals surface area (Å²) in [4.78, 5) is 24.7. The van der Waals surface area contributed by atoms with Crippen LogP contribution in [0.15, 0.2) is 78.9 Å². The first-order chi connectivity index (χ1) is 12.1. The van der Waals surface area contributed by atoms with E-state index >= 15 is 0 Å². The highest BCUT2D eigenvalue weighted by atomic mass is 16.6. The molecule has 3 aromatic rings. The number of anilines is 1. The standard InChI is InChI=1S/C20H16N2O3/c1-21(16-11-13-17(14-12-16)22(24)25)20(23)19-10-6-5-9-18(19)15-7-3-2-4-8-15/h2-14H,1H3. The lowest BCUT2D eigenvalue weighted by Crippen LogP contribution is -2.26. The zero-order valence-corrected chi connectivity index (χ0v) is 13.6. The van der Waals surface area contributed by atoms with Crippen molar-refractivity contribution in [2.45, 2.75) is 0 Å². The second-order valence-electron chi connectivity index (χ2n) is 5.55. The lowest BCUT2D eigenvalue weighted by molar-refractivity contribution is -0.384. The third-order valence-corrected chi connectivity index (χ3v) is 3.99. The summed E-state index contributed by atoms with van der Waals surface area (Å²) in [6, 6.07) is 23.0. The molecule has 3 aromatic carbocycles. The predicted molar refractivity (Wildman–Crippen MR) is 97.7 cm³/mol. The number of carbonyl (C=O) groups is 1. The van der Waals surface area contributed by atoms with Gasteiger partial charge in [-0.1, -0.05) is 48.5 Å². The fourth-order valence-corrected chi connectivity index (χ4v) is 2.63. The van der Waals surface area contributed by atoms with Crippen LogP contribution in [-0.4, -0.2) is 17.9 Å². The van der Waals surface area contributed by atoms with Gasteiger partial charge in [-0.25, -0.2) is 0 Å². The molecule has 5 heteroatoms. The zero-order valence-electron chi connectivity index (χ0n) is 13.6. The van der Waals surface area contributed by atoms with E-state index in [2.05, 4.69) is 0 Å². The molecule has 0 bridgehead atoms. The number of non-ortho nitro benzene ring substituents is 1. The second kappa shape index (κ2) is 6.97.